The highest BCUT2D eigenvalue weighted by Gasteiger charge is 2.41. The zero-order chi connectivity index (χ0) is 24.7. The van der Waals surface area contributed by atoms with Gasteiger partial charge in [-0.3, -0.25) is 4.79 Å². The summed E-state index contributed by atoms with van der Waals surface area (Å²) in [6, 6.07) is 17.6. The van der Waals surface area contributed by atoms with Crippen LogP contribution >= 0.6 is 0 Å². The number of hydrogen-bond donors (Lipinski definition) is 1. The number of carbonyl (C=O) groups excluding carboxylic acids is 1. The number of anilines is 1. The van der Waals surface area contributed by atoms with E-state index in [1.165, 1.54) is 28.4 Å². The van der Waals surface area contributed by atoms with E-state index in [-0.39, 0.29) is 25.0 Å². The van der Waals surface area contributed by atoms with Gasteiger partial charge in [0.1, 0.15) is 0 Å². The first-order valence-electron chi connectivity index (χ1n) is 12.7. The third kappa shape index (κ3) is 6.84. The molecule has 7 nitrogen and oxygen atoms in total. The van der Waals surface area contributed by atoms with E-state index in [1.54, 1.807) is 19.1 Å². The van der Waals surface area contributed by atoms with E-state index in [1.807, 2.05) is 18.2 Å². The lowest BCUT2D eigenvalue weighted by atomic mass is 9.90. The highest BCUT2D eigenvalue weighted by atomic mass is 32.2. The Labute approximate surface area is 209 Å². The van der Waals surface area contributed by atoms with Crippen molar-refractivity contribution >= 4 is 21.7 Å². The van der Waals surface area contributed by atoms with Gasteiger partial charge in [-0.25, -0.2) is 8.42 Å². The van der Waals surface area contributed by atoms with Crippen molar-refractivity contribution in [2.45, 2.75) is 37.5 Å². The normalized spacial score (nSPS) is 18.2. The molecular weight excluding hydrogens is 462 g/mol. The number of esters is 1. The molecule has 2 saturated heterocycles. The molecule has 0 radical (unpaired) electrons. The summed E-state index contributed by atoms with van der Waals surface area (Å²) >= 11 is 0. The van der Waals surface area contributed by atoms with Crippen LogP contribution in [0, 0.1) is 11.8 Å². The highest BCUT2D eigenvalue weighted by Crippen LogP contribution is 2.27. The molecule has 1 N–H and O–H groups in total. The maximum absolute atomic E-state index is 12.8. The van der Waals surface area contributed by atoms with Gasteiger partial charge >= 0.3 is 5.97 Å². The van der Waals surface area contributed by atoms with Crippen molar-refractivity contribution in [1.29, 1.82) is 0 Å². The van der Waals surface area contributed by atoms with Crippen LogP contribution in [0.1, 0.15) is 31.7 Å². The number of nitrogens with zero attached hydrogens (tertiary/aromatic N) is 2. The number of piperidine rings is 1. The lowest BCUT2D eigenvalue weighted by molar-refractivity contribution is -0.151. The van der Waals surface area contributed by atoms with Crippen molar-refractivity contribution in [2.75, 3.05) is 51.2 Å². The number of hydrogen-bond acceptors (Lipinski definition) is 6. The van der Waals surface area contributed by atoms with Gasteiger partial charge in [0.25, 0.3) is 0 Å². The predicted octanol–water partition coefficient (Wildman–Crippen LogP) is 3.63. The molecule has 0 spiro atoms. The zero-order valence-electron chi connectivity index (χ0n) is 20.6. The van der Waals surface area contributed by atoms with Crippen LogP contribution in [0.4, 0.5) is 5.69 Å². The first kappa shape index (κ1) is 25.7. The van der Waals surface area contributed by atoms with Crippen molar-refractivity contribution in [3.63, 3.8) is 0 Å². The third-order valence-electron chi connectivity index (χ3n) is 7.01. The number of para-hydroxylation sites is 1. The summed E-state index contributed by atoms with van der Waals surface area (Å²) in [7, 11) is -3.56. The molecule has 0 bridgehead atoms. The van der Waals surface area contributed by atoms with E-state index in [2.05, 4.69) is 34.5 Å². The van der Waals surface area contributed by atoms with E-state index < -0.39 is 10.0 Å². The van der Waals surface area contributed by atoms with Crippen molar-refractivity contribution < 1.29 is 17.9 Å². The van der Waals surface area contributed by atoms with Crippen LogP contribution < -0.4 is 5.32 Å². The molecule has 2 fully saturated rings. The van der Waals surface area contributed by atoms with Gasteiger partial charge in [0.2, 0.25) is 10.0 Å². The van der Waals surface area contributed by atoms with Crippen molar-refractivity contribution in [3.05, 3.63) is 60.2 Å². The monoisotopic (exact) mass is 499 g/mol. The van der Waals surface area contributed by atoms with E-state index in [9.17, 15) is 13.2 Å². The van der Waals surface area contributed by atoms with Gasteiger partial charge in [-0.05, 0) is 88.0 Å². The molecular formula is C27H37N3O4S. The number of sulfonamides is 1. The minimum absolute atomic E-state index is 0.198. The third-order valence-corrected chi connectivity index (χ3v) is 8.86. The molecule has 0 saturated carbocycles. The minimum Gasteiger partial charge on any atom is -0.466 e. The van der Waals surface area contributed by atoms with Crippen LogP contribution in [0.15, 0.2) is 59.5 Å². The quantitative estimate of drug-likeness (QED) is 0.376. The Morgan fingerprint density at radius 1 is 1.03 bits per heavy atom. The maximum Gasteiger partial charge on any atom is 0.311 e. The molecule has 2 aliphatic heterocycles. The number of carbonyl (C=O) groups is 1. The van der Waals surface area contributed by atoms with Gasteiger partial charge in [0.05, 0.1) is 17.4 Å². The second kappa shape index (κ2) is 12.0. The number of ether oxygens (including phenoxy) is 1. The fraction of sp³-hybridized carbons (Fsp3) is 0.519. The topological polar surface area (TPSA) is 79.0 Å². The van der Waals surface area contributed by atoms with Crippen molar-refractivity contribution in [3.8, 4) is 0 Å². The van der Waals surface area contributed by atoms with E-state index >= 15 is 0 Å². The summed E-state index contributed by atoms with van der Waals surface area (Å²) in [5, 5.41) is 3.47. The average Bonchev–Trinajstić information content (AvgIpc) is 2.83. The molecule has 2 aromatic carbocycles. The Morgan fingerprint density at radius 3 is 2.37 bits per heavy atom. The molecule has 2 aliphatic rings. The number of likely N-dealkylation sites (tertiary alicyclic amines) is 1. The van der Waals surface area contributed by atoms with Gasteiger partial charge in [0, 0.05) is 25.3 Å². The van der Waals surface area contributed by atoms with Gasteiger partial charge in [-0.2, -0.15) is 4.31 Å². The largest absolute Gasteiger partial charge is 0.466 e. The summed E-state index contributed by atoms with van der Waals surface area (Å²) in [6.07, 6.45) is 4.47. The molecule has 0 aliphatic carbocycles. The maximum atomic E-state index is 12.8. The molecule has 0 atom stereocenters. The first-order valence-corrected chi connectivity index (χ1v) is 14.2. The van der Waals surface area contributed by atoms with Gasteiger partial charge < -0.3 is 15.0 Å². The first-order chi connectivity index (χ1) is 17.0. The molecule has 2 heterocycles. The van der Waals surface area contributed by atoms with Crippen LogP contribution in [0.2, 0.25) is 0 Å². The van der Waals surface area contributed by atoms with Crippen molar-refractivity contribution in [1.82, 2.24) is 9.21 Å². The Balaban J connectivity index is 1.17. The van der Waals surface area contributed by atoms with E-state index in [0.717, 1.165) is 39.0 Å². The summed E-state index contributed by atoms with van der Waals surface area (Å²) in [4.78, 5) is 14.6. The summed E-state index contributed by atoms with van der Waals surface area (Å²) in [5.74, 6) is -0.0314. The van der Waals surface area contributed by atoms with Crippen LogP contribution in [0.3, 0.4) is 0 Å². The molecule has 0 aromatic heterocycles. The van der Waals surface area contributed by atoms with Crippen LogP contribution in [-0.2, 0) is 26.0 Å². The number of rotatable bonds is 11. The zero-order valence-corrected chi connectivity index (χ0v) is 21.4. The van der Waals surface area contributed by atoms with Gasteiger partial charge in [-0.1, -0.05) is 30.3 Å². The smallest absolute Gasteiger partial charge is 0.311 e. The Bertz CT molecular complexity index is 1050. The van der Waals surface area contributed by atoms with E-state index in [0.29, 0.717) is 17.4 Å². The molecule has 35 heavy (non-hydrogen) atoms. The Kier molecular flexibility index (Phi) is 8.81. The summed E-state index contributed by atoms with van der Waals surface area (Å²) in [6.45, 7) is 6.81. The Hall–Kier alpha value is -2.42. The second-order valence-electron chi connectivity index (χ2n) is 9.55. The molecule has 4 rings (SSSR count). The molecule has 0 unspecified atom stereocenters. The fourth-order valence-electron chi connectivity index (χ4n) is 4.83. The minimum atomic E-state index is -3.56. The number of nitrogens with one attached hydrogen (secondary N) is 1. The highest BCUT2D eigenvalue weighted by molar-refractivity contribution is 7.89. The summed E-state index contributed by atoms with van der Waals surface area (Å²) in [5.41, 5.74) is 2.36. The van der Waals surface area contributed by atoms with Gasteiger partial charge in [-0.15, -0.1) is 0 Å². The molecule has 0 amide bonds. The average molecular weight is 500 g/mol. The molecule has 2 aromatic rings. The van der Waals surface area contributed by atoms with Crippen LogP contribution in [0.25, 0.3) is 0 Å². The SMILES string of the molecule is CCOC(=O)C1CN(S(=O)(=O)c2ccc(CC3CCN(CCCNc4ccccc4)CC3)cc2)C1. The van der Waals surface area contributed by atoms with Gasteiger partial charge in [0.15, 0.2) is 0 Å². The second-order valence-corrected chi connectivity index (χ2v) is 11.5. The lowest BCUT2D eigenvalue weighted by Crippen LogP contribution is -2.53. The van der Waals surface area contributed by atoms with Crippen LogP contribution in [-0.4, -0.2) is 69.5 Å². The molecule has 8 heteroatoms. The molecule has 190 valence electrons. The standard InChI is InChI=1S/C27H37N3O4S/c1-2-34-27(31)24-20-30(21-24)35(32,33)26-11-9-22(10-12-26)19-23-13-17-29(18-14-23)16-6-15-28-25-7-4-3-5-8-25/h3-5,7-12,23-24,28H,2,6,13-21H2,1H3. The van der Waals surface area contributed by atoms with Crippen LogP contribution in [0.5, 0.6) is 0 Å². The lowest BCUT2D eigenvalue weighted by Gasteiger charge is -2.36. The van der Waals surface area contributed by atoms with E-state index in [4.69, 9.17) is 4.74 Å². The Morgan fingerprint density at radius 2 is 1.71 bits per heavy atom. The predicted molar refractivity (Wildman–Crippen MR) is 138 cm³/mol. The number of benzene rings is 2. The van der Waals surface area contributed by atoms with Crippen molar-refractivity contribution in [2.24, 2.45) is 11.8 Å². The fourth-order valence-corrected chi connectivity index (χ4v) is 6.36. The summed E-state index contributed by atoms with van der Waals surface area (Å²) < 4.78 is 32.0.